The van der Waals surface area contributed by atoms with E-state index in [9.17, 15) is 0 Å². The zero-order chi connectivity index (χ0) is 20.1. The second kappa shape index (κ2) is 20.7. The van der Waals surface area contributed by atoms with E-state index in [0.29, 0.717) is 5.41 Å². The van der Waals surface area contributed by atoms with Crippen LogP contribution in [-0.2, 0) is 0 Å². The Kier molecular flexibility index (Phi) is 20.7. The molecule has 0 unspecified atom stereocenters. The van der Waals surface area contributed by atoms with Crippen LogP contribution in [0.15, 0.2) is 0 Å². The van der Waals surface area contributed by atoms with Gasteiger partial charge in [0, 0.05) is 0 Å². The molecule has 0 aromatic rings. The molecule has 0 rings (SSSR count). The van der Waals surface area contributed by atoms with Crippen molar-refractivity contribution in [1.29, 1.82) is 0 Å². The second-order valence-corrected chi connectivity index (χ2v) is 9.45. The first-order chi connectivity index (χ1) is 13.2. The molecule has 0 aliphatic rings. The van der Waals surface area contributed by atoms with Crippen LogP contribution in [0.1, 0.15) is 169 Å². The molecule has 27 heavy (non-hydrogen) atoms. The van der Waals surface area contributed by atoms with Gasteiger partial charge in [0.15, 0.2) is 0 Å². The van der Waals surface area contributed by atoms with Crippen LogP contribution >= 0.6 is 0 Å². The van der Waals surface area contributed by atoms with Gasteiger partial charge in [-0.3, -0.25) is 0 Å². The van der Waals surface area contributed by atoms with Gasteiger partial charge < -0.3 is 0 Å². The predicted molar refractivity (Wildman–Crippen MR) is 127 cm³/mol. The third-order valence-electron chi connectivity index (χ3n) is 6.74. The van der Waals surface area contributed by atoms with E-state index in [1.807, 2.05) is 0 Å². The number of rotatable bonds is 22. The van der Waals surface area contributed by atoms with Crippen molar-refractivity contribution in [2.24, 2.45) is 5.41 Å². The van der Waals surface area contributed by atoms with Gasteiger partial charge in [-0.1, -0.05) is 143 Å². The van der Waals surface area contributed by atoms with Crippen molar-refractivity contribution >= 4 is 0 Å². The normalized spacial score (nSPS) is 12.0. The molecule has 0 heterocycles. The van der Waals surface area contributed by atoms with Gasteiger partial charge in [0.1, 0.15) is 0 Å². The highest BCUT2D eigenvalue weighted by Crippen LogP contribution is 2.41. The molecule has 0 saturated heterocycles. The number of unbranched alkanes of at least 4 members (excludes halogenated alkanes) is 14. The van der Waals surface area contributed by atoms with Crippen molar-refractivity contribution < 1.29 is 0 Å². The minimum atomic E-state index is 0.695. The predicted octanol–water partition coefficient (Wildman–Crippen LogP) is 10.6. The lowest BCUT2D eigenvalue weighted by Crippen LogP contribution is -2.21. The lowest BCUT2D eigenvalue weighted by Gasteiger charge is -2.35. The standard InChI is InChI=1S/C27H56/c1-5-9-13-14-15-16-17-18-19-20-21-22-26-27(23-10-6-2,24-11-7-3)25-12-8-4/h5-26H2,1-4H3. The summed E-state index contributed by atoms with van der Waals surface area (Å²) in [4.78, 5) is 0. The molecule has 0 spiro atoms. The highest BCUT2D eigenvalue weighted by atomic mass is 14.3. The summed E-state index contributed by atoms with van der Waals surface area (Å²) in [5.41, 5.74) is 0.695. The third kappa shape index (κ3) is 16.6. The van der Waals surface area contributed by atoms with Gasteiger partial charge in [-0.2, -0.15) is 0 Å². The van der Waals surface area contributed by atoms with Gasteiger partial charge in [0.05, 0.1) is 0 Å². The topological polar surface area (TPSA) is 0 Å². The van der Waals surface area contributed by atoms with Crippen LogP contribution in [-0.4, -0.2) is 0 Å². The van der Waals surface area contributed by atoms with Crippen molar-refractivity contribution in [3.05, 3.63) is 0 Å². The molecule has 0 aromatic heterocycles. The van der Waals surface area contributed by atoms with Crippen molar-refractivity contribution in [2.45, 2.75) is 169 Å². The largest absolute Gasteiger partial charge is 0.0654 e. The Balaban J connectivity index is 3.89. The quantitative estimate of drug-likeness (QED) is 0.164. The average molecular weight is 381 g/mol. The molecule has 0 amide bonds. The Hall–Kier alpha value is 0. The molecule has 0 aliphatic carbocycles. The van der Waals surface area contributed by atoms with Crippen LogP contribution < -0.4 is 0 Å². The van der Waals surface area contributed by atoms with Gasteiger partial charge in [-0.15, -0.1) is 0 Å². The maximum Gasteiger partial charge on any atom is -0.0297 e. The number of hydrogen-bond donors (Lipinski definition) is 0. The van der Waals surface area contributed by atoms with Gasteiger partial charge in [-0.05, 0) is 31.1 Å². The maximum absolute atomic E-state index is 2.37. The Morgan fingerprint density at radius 1 is 0.296 bits per heavy atom. The molecular weight excluding hydrogens is 324 g/mol. The van der Waals surface area contributed by atoms with E-state index >= 15 is 0 Å². The van der Waals surface area contributed by atoms with E-state index in [4.69, 9.17) is 0 Å². The minimum absolute atomic E-state index is 0.695. The van der Waals surface area contributed by atoms with Crippen molar-refractivity contribution in [3.63, 3.8) is 0 Å². The Morgan fingerprint density at radius 2 is 0.556 bits per heavy atom. The van der Waals surface area contributed by atoms with Crippen LogP contribution in [0.25, 0.3) is 0 Å². The molecule has 0 atom stereocenters. The van der Waals surface area contributed by atoms with E-state index in [1.165, 1.54) is 141 Å². The van der Waals surface area contributed by atoms with E-state index in [-0.39, 0.29) is 0 Å². The fourth-order valence-corrected chi connectivity index (χ4v) is 4.75. The zero-order valence-corrected chi connectivity index (χ0v) is 20.1. The monoisotopic (exact) mass is 380 g/mol. The van der Waals surface area contributed by atoms with Gasteiger partial charge in [0.25, 0.3) is 0 Å². The summed E-state index contributed by atoms with van der Waals surface area (Å²) in [6.45, 7) is 9.41. The average Bonchev–Trinajstić information content (AvgIpc) is 2.69. The highest BCUT2D eigenvalue weighted by molar-refractivity contribution is 4.79. The maximum atomic E-state index is 2.37. The minimum Gasteiger partial charge on any atom is -0.0654 e. The van der Waals surface area contributed by atoms with E-state index in [0.717, 1.165) is 0 Å². The lowest BCUT2D eigenvalue weighted by atomic mass is 9.71. The van der Waals surface area contributed by atoms with E-state index < -0.39 is 0 Å². The third-order valence-corrected chi connectivity index (χ3v) is 6.74. The summed E-state index contributed by atoms with van der Waals surface area (Å²) in [7, 11) is 0. The van der Waals surface area contributed by atoms with Crippen molar-refractivity contribution in [2.75, 3.05) is 0 Å². The first-order valence-electron chi connectivity index (χ1n) is 13.2. The van der Waals surface area contributed by atoms with Gasteiger partial charge in [-0.25, -0.2) is 0 Å². The Morgan fingerprint density at radius 3 is 0.889 bits per heavy atom. The van der Waals surface area contributed by atoms with E-state index in [2.05, 4.69) is 27.7 Å². The van der Waals surface area contributed by atoms with E-state index in [1.54, 1.807) is 0 Å². The second-order valence-electron chi connectivity index (χ2n) is 9.45. The van der Waals surface area contributed by atoms with Gasteiger partial charge >= 0.3 is 0 Å². The molecule has 164 valence electrons. The summed E-state index contributed by atoms with van der Waals surface area (Å²) >= 11 is 0. The Labute approximate surface area is 174 Å². The molecule has 0 bridgehead atoms. The molecule has 0 heteroatoms. The Bertz CT molecular complexity index is 245. The van der Waals surface area contributed by atoms with Crippen molar-refractivity contribution in [1.82, 2.24) is 0 Å². The summed E-state index contributed by atoms with van der Waals surface area (Å²) in [6.07, 6.45) is 32.1. The summed E-state index contributed by atoms with van der Waals surface area (Å²) in [5.74, 6) is 0. The van der Waals surface area contributed by atoms with Crippen LogP contribution in [0, 0.1) is 5.41 Å². The molecule has 0 radical (unpaired) electrons. The van der Waals surface area contributed by atoms with Crippen LogP contribution in [0.4, 0.5) is 0 Å². The lowest BCUT2D eigenvalue weighted by molar-refractivity contribution is 0.175. The molecule has 0 saturated carbocycles. The summed E-state index contributed by atoms with van der Waals surface area (Å²) < 4.78 is 0. The van der Waals surface area contributed by atoms with Crippen LogP contribution in [0.5, 0.6) is 0 Å². The SMILES string of the molecule is CCCCCCCCCCCCCCC(CCCC)(CCCC)CCCC. The first-order valence-corrected chi connectivity index (χ1v) is 13.2. The van der Waals surface area contributed by atoms with Crippen LogP contribution in [0.3, 0.4) is 0 Å². The number of hydrogen-bond acceptors (Lipinski definition) is 0. The molecule has 0 aromatic carbocycles. The smallest absolute Gasteiger partial charge is 0.0297 e. The summed E-state index contributed by atoms with van der Waals surface area (Å²) in [6, 6.07) is 0. The highest BCUT2D eigenvalue weighted by Gasteiger charge is 2.27. The van der Waals surface area contributed by atoms with Crippen molar-refractivity contribution in [3.8, 4) is 0 Å². The first kappa shape index (κ1) is 27.0. The molecular formula is C27H56. The molecule has 0 aliphatic heterocycles. The fourth-order valence-electron chi connectivity index (χ4n) is 4.75. The molecule has 0 N–H and O–H groups in total. The summed E-state index contributed by atoms with van der Waals surface area (Å²) in [5, 5.41) is 0. The molecule has 0 nitrogen and oxygen atoms in total. The fraction of sp³-hybridized carbons (Fsp3) is 1.00. The van der Waals surface area contributed by atoms with Crippen LogP contribution in [0.2, 0.25) is 0 Å². The molecule has 0 fully saturated rings. The zero-order valence-electron chi connectivity index (χ0n) is 20.1. The van der Waals surface area contributed by atoms with Gasteiger partial charge in [0.2, 0.25) is 0 Å².